The topological polar surface area (TPSA) is 68.9 Å². The maximum atomic E-state index is 5.49. The average molecular weight is 343 g/mol. The maximum absolute atomic E-state index is 5.49. The van der Waals surface area contributed by atoms with Crippen LogP contribution >= 0.6 is 24.0 Å². The van der Waals surface area contributed by atoms with Crippen molar-refractivity contribution in [3.63, 3.8) is 0 Å². The lowest BCUT2D eigenvalue weighted by Crippen LogP contribution is -2.32. The first-order chi connectivity index (χ1) is 7.33. The Bertz CT molecular complexity index is 197. The highest BCUT2D eigenvalue weighted by Gasteiger charge is 2.14. The molecule has 16 heavy (non-hydrogen) atoms. The second-order valence-corrected chi connectivity index (χ2v) is 3.60. The molecule has 0 amide bonds. The van der Waals surface area contributed by atoms with E-state index in [1.54, 1.807) is 7.05 Å². The number of aliphatic imine (C=N–C) groups is 1. The standard InChI is InChI=1S/C10H21N3O2.HI/c1-12-10(11)13-5-3-6-14-8-9-4-2-7-15-9;/h9H,2-8H2,1H3,(H3,11,12,13);1H. The Balaban J connectivity index is 0.00000225. The molecule has 0 aliphatic carbocycles. The zero-order valence-electron chi connectivity index (χ0n) is 9.78. The summed E-state index contributed by atoms with van der Waals surface area (Å²) in [4.78, 5) is 3.79. The summed E-state index contributed by atoms with van der Waals surface area (Å²) in [6.45, 7) is 3.15. The molecule has 96 valence electrons. The Kier molecular flexibility index (Phi) is 10.0. The molecule has 5 nitrogen and oxygen atoms in total. The van der Waals surface area contributed by atoms with Gasteiger partial charge in [0.05, 0.1) is 12.7 Å². The molecule has 0 aromatic heterocycles. The molecule has 0 radical (unpaired) electrons. The van der Waals surface area contributed by atoms with Crippen LogP contribution in [0, 0.1) is 0 Å². The van der Waals surface area contributed by atoms with E-state index in [1.807, 2.05) is 0 Å². The number of hydrogen-bond donors (Lipinski definition) is 2. The summed E-state index contributed by atoms with van der Waals surface area (Å²) in [5.74, 6) is 0.481. The lowest BCUT2D eigenvalue weighted by atomic mass is 10.2. The molecule has 0 spiro atoms. The van der Waals surface area contributed by atoms with Gasteiger partial charge in [-0.15, -0.1) is 24.0 Å². The highest BCUT2D eigenvalue weighted by Crippen LogP contribution is 2.11. The van der Waals surface area contributed by atoms with Gasteiger partial charge in [0.15, 0.2) is 5.96 Å². The number of halogens is 1. The molecular weight excluding hydrogens is 321 g/mol. The van der Waals surface area contributed by atoms with Crippen LogP contribution in [0.25, 0.3) is 0 Å². The van der Waals surface area contributed by atoms with Gasteiger partial charge in [-0.25, -0.2) is 0 Å². The Hall–Kier alpha value is -0.0800. The first-order valence-electron chi connectivity index (χ1n) is 5.48. The van der Waals surface area contributed by atoms with Crippen LogP contribution in [0.15, 0.2) is 4.99 Å². The number of nitrogens with two attached hydrogens (primary N) is 1. The van der Waals surface area contributed by atoms with Crippen molar-refractivity contribution >= 4 is 29.9 Å². The molecule has 1 fully saturated rings. The summed E-state index contributed by atoms with van der Waals surface area (Å²) in [6.07, 6.45) is 3.55. The first-order valence-corrected chi connectivity index (χ1v) is 5.48. The number of ether oxygens (including phenoxy) is 2. The molecule has 0 aromatic carbocycles. The maximum Gasteiger partial charge on any atom is 0.188 e. The Labute approximate surface area is 114 Å². The molecule has 0 bridgehead atoms. The molecule has 1 aliphatic heterocycles. The van der Waals surface area contributed by atoms with E-state index in [0.717, 1.165) is 39.2 Å². The van der Waals surface area contributed by atoms with Crippen LogP contribution in [0.4, 0.5) is 0 Å². The van der Waals surface area contributed by atoms with E-state index in [-0.39, 0.29) is 24.0 Å². The number of nitrogens with zero attached hydrogens (tertiary/aromatic N) is 1. The second-order valence-electron chi connectivity index (χ2n) is 3.60. The van der Waals surface area contributed by atoms with Gasteiger partial charge in [-0.2, -0.15) is 0 Å². The van der Waals surface area contributed by atoms with Crippen LogP contribution in [-0.4, -0.2) is 45.5 Å². The Morgan fingerprint density at radius 3 is 3.06 bits per heavy atom. The summed E-state index contributed by atoms with van der Waals surface area (Å²) in [6, 6.07) is 0. The van der Waals surface area contributed by atoms with Gasteiger partial charge in [-0.05, 0) is 19.3 Å². The van der Waals surface area contributed by atoms with Crippen molar-refractivity contribution in [2.24, 2.45) is 10.7 Å². The molecule has 1 rings (SSSR count). The third-order valence-electron chi connectivity index (χ3n) is 2.34. The fraction of sp³-hybridized carbons (Fsp3) is 0.900. The second kappa shape index (κ2) is 10.1. The van der Waals surface area contributed by atoms with Crippen LogP contribution in [0.5, 0.6) is 0 Å². The van der Waals surface area contributed by atoms with Gasteiger partial charge in [-0.3, -0.25) is 4.99 Å². The molecule has 1 atom stereocenters. The highest BCUT2D eigenvalue weighted by atomic mass is 127. The van der Waals surface area contributed by atoms with Gasteiger partial charge < -0.3 is 20.5 Å². The fourth-order valence-electron chi connectivity index (χ4n) is 1.46. The van der Waals surface area contributed by atoms with Crippen molar-refractivity contribution < 1.29 is 9.47 Å². The summed E-state index contributed by atoms with van der Waals surface area (Å²) < 4.78 is 10.9. The van der Waals surface area contributed by atoms with Crippen molar-refractivity contribution in [1.29, 1.82) is 0 Å². The third kappa shape index (κ3) is 7.24. The van der Waals surface area contributed by atoms with Gasteiger partial charge in [0, 0.05) is 26.8 Å². The minimum Gasteiger partial charge on any atom is -0.379 e. The van der Waals surface area contributed by atoms with E-state index in [1.165, 1.54) is 6.42 Å². The summed E-state index contributed by atoms with van der Waals surface area (Å²) in [5, 5.41) is 2.98. The largest absolute Gasteiger partial charge is 0.379 e. The Morgan fingerprint density at radius 1 is 1.62 bits per heavy atom. The molecule has 0 aromatic rings. The molecule has 0 saturated carbocycles. The normalized spacial score (nSPS) is 20.6. The number of nitrogens with one attached hydrogen (secondary N) is 1. The SMILES string of the molecule is CN=C(N)NCCCOCC1CCCO1.I. The summed E-state index contributed by atoms with van der Waals surface area (Å²) in [7, 11) is 1.66. The zero-order chi connectivity index (χ0) is 10.9. The summed E-state index contributed by atoms with van der Waals surface area (Å²) >= 11 is 0. The lowest BCUT2D eigenvalue weighted by molar-refractivity contribution is 0.0168. The molecular formula is C10H22IN3O2. The van der Waals surface area contributed by atoms with Crippen molar-refractivity contribution in [3.05, 3.63) is 0 Å². The minimum absolute atomic E-state index is 0. The molecule has 1 heterocycles. The quantitative estimate of drug-likeness (QED) is 0.323. The van der Waals surface area contributed by atoms with Crippen molar-refractivity contribution in [2.45, 2.75) is 25.4 Å². The third-order valence-corrected chi connectivity index (χ3v) is 2.34. The van der Waals surface area contributed by atoms with Crippen molar-refractivity contribution in [2.75, 3.05) is 33.4 Å². The number of rotatable bonds is 6. The predicted octanol–water partition coefficient (Wildman–Crippen LogP) is 0.724. The Morgan fingerprint density at radius 2 is 2.44 bits per heavy atom. The van der Waals surface area contributed by atoms with Gasteiger partial charge in [0.1, 0.15) is 0 Å². The van der Waals surface area contributed by atoms with Crippen LogP contribution in [-0.2, 0) is 9.47 Å². The number of guanidine groups is 1. The van der Waals surface area contributed by atoms with E-state index >= 15 is 0 Å². The lowest BCUT2D eigenvalue weighted by Gasteiger charge is -2.10. The highest BCUT2D eigenvalue weighted by molar-refractivity contribution is 14.0. The number of hydrogen-bond acceptors (Lipinski definition) is 3. The van der Waals surface area contributed by atoms with Crippen LogP contribution < -0.4 is 11.1 Å². The zero-order valence-corrected chi connectivity index (χ0v) is 12.1. The predicted molar refractivity (Wildman–Crippen MR) is 75.4 cm³/mol. The smallest absolute Gasteiger partial charge is 0.188 e. The van der Waals surface area contributed by atoms with E-state index < -0.39 is 0 Å². The van der Waals surface area contributed by atoms with Gasteiger partial charge in [0.2, 0.25) is 0 Å². The van der Waals surface area contributed by atoms with E-state index in [9.17, 15) is 0 Å². The first kappa shape index (κ1) is 15.9. The molecule has 1 aliphatic rings. The molecule has 3 N–H and O–H groups in total. The fourth-order valence-corrected chi connectivity index (χ4v) is 1.46. The summed E-state index contributed by atoms with van der Waals surface area (Å²) in [5.41, 5.74) is 5.47. The van der Waals surface area contributed by atoms with E-state index in [2.05, 4.69) is 10.3 Å². The van der Waals surface area contributed by atoms with Gasteiger partial charge in [-0.1, -0.05) is 0 Å². The van der Waals surface area contributed by atoms with E-state index in [4.69, 9.17) is 15.2 Å². The van der Waals surface area contributed by atoms with Crippen LogP contribution in [0.3, 0.4) is 0 Å². The van der Waals surface area contributed by atoms with Crippen LogP contribution in [0.1, 0.15) is 19.3 Å². The van der Waals surface area contributed by atoms with Crippen LogP contribution in [0.2, 0.25) is 0 Å². The van der Waals surface area contributed by atoms with E-state index in [0.29, 0.717) is 12.1 Å². The molecule has 6 heteroatoms. The molecule has 1 saturated heterocycles. The van der Waals surface area contributed by atoms with Crippen molar-refractivity contribution in [3.8, 4) is 0 Å². The van der Waals surface area contributed by atoms with Gasteiger partial charge >= 0.3 is 0 Å². The monoisotopic (exact) mass is 343 g/mol. The van der Waals surface area contributed by atoms with Gasteiger partial charge in [0.25, 0.3) is 0 Å². The van der Waals surface area contributed by atoms with Crippen molar-refractivity contribution in [1.82, 2.24) is 5.32 Å². The average Bonchev–Trinajstić information content (AvgIpc) is 2.75. The molecule has 1 unspecified atom stereocenters. The minimum atomic E-state index is 0.